The number of amides is 1. The molecule has 0 bridgehead atoms. The van der Waals surface area contributed by atoms with Crippen molar-refractivity contribution in [1.29, 1.82) is 0 Å². The zero-order valence-electron chi connectivity index (χ0n) is 12.5. The Hall–Kier alpha value is -2.14. The van der Waals surface area contributed by atoms with Crippen LogP contribution in [0.3, 0.4) is 0 Å². The highest BCUT2D eigenvalue weighted by Crippen LogP contribution is 2.12. The minimum Gasteiger partial charge on any atom is -0.396 e. The van der Waals surface area contributed by atoms with E-state index in [4.69, 9.17) is 5.11 Å². The molecule has 5 heteroatoms. The molecule has 0 saturated heterocycles. The lowest BCUT2D eigenvalue weighted by Gasteiger charge is -2.08. The number of nitrogens with zero attached hydrogens (tertiary/aromatic N) is 2. The van der Waals surface area contributed by atoms with Crippen LogP contribution in [0, 0.1) is 13.8 Å². The Bertz CT molecular complexity index is 620. The zero-order valence-corrected chi connectivity index (χ0v) is 12.5. The summed E-state index contributed by atoms with van der Waals surface area (Å²) in [6, 6.07) is 9.65. The molecule has 5 nitrogen and oxygen atoms in total. The summed E-state index contributed by atoms with van der Waals surface area (Å²) in [5.74, 6) is -0.0968. The third kappa shape index (κ3) is 4.43. The summed E-state index contributed by atoms with van der Waals surface area (Å²) in [4.78, 5) is 12.1. The van der Waals surface area contributed by atoms with Crippen LogP contribution in [-0.2, 0) is 17.8 Å². The van der Waals surface area contributed by atoms with Crippen molar-refractivity contribution in [2.45, 2.75) is 33.2 Å². The van der Waals surface area contributed by atoms with Crippen LogP contribution in [0.4, 0.5) is 5.69 Å². The summed E-state index contributed by atoms with van der Waals surface area (Å²) < 4.78 is 1.69. The molecule has 2 N–H and O–H groups in total. The minimum absolute atomic E-state index is 0.0968. The van der Waals surface area contributed by atoms with E-state index in [1.54, 1.807) is 4.68 Å². The summed E-state index contributed by atoms with van der Waals surface area (Å²) in [5, 5.41) is 16.0. The second kappa shape index (κ2) is 7.04. The van der Waals surface area contributed by atoms with Crippen LogP contribution in [0.2, 0.25) is 0 Å². The Labute approximate surface area is 124 Å². The number of benzene rings is 1. The summed E-state index contributed by atoms with van der Waals surface area (Å²) in [5.41, 5.74) is 3.76. The predicted octanol–water partition coefficient (Wildman–Crippen LogP) is 2.06. The first-order chi connectivity index (χ1) is 10.1. The molecule has 1 aromatic heterocycles. The van der Waals surface area contributed by atoms with E-state index >= 15 is 0 Å². The molecule has 21 heavy (non-hydrogen) atoms. The first-order valence-electron chi connectivity index (χ1n) is 7.09. The molecule has 112 valence electrons. The molecule has 0 fully saturated rings. The zero-order chi connectivity index (χ0) is 15.2. The lowest BCUT2D eigenvalue weighted by Crippen LogP contribution is -2.20. The minimum atomic E-state index is -0.0968. The molecule has 0 radical (unpaired) electrons. The van der Waals surface area contributed by atoms with Gasteiger partial charge in [0.15, 0.2) is 0 Å². The highest BCUT2D eigenvalue weighted by molar-refractivity contribution is 5.90. The number of hydrogen-bond acceptors (Lipinski definition) is 3. The molecule has 2 rings (SSSR count). The average molecular weight is 287 g/mol. The van der Waals surface area contributed by atoms with Crippen molar-refractivity contribution in [3.63, 3.8) is 0 Å². The standard InChI is InChI=1S/C16H21N3O2/c1-12-9-13(2)19(18-12)11-16(21)17-15-7-3-5-14(10-15)6-4-8-20/h3,5,7,9-10,20H,4,6,8,11H2,1-2H3,(H,17,21). The molecule has 0 aliphatic carbocycles. The number of aliphatic hydroxyl groups excluding tert-OH is 1. The van der Waals surface area contributed by atoms with Crippen molar-refractivity contribution < 1.29 is 9.90 Å². The average Bonchev–Trinajstić information content (AvgIpc) is 2.75. The Morgan fingerprint density at radius 2 is 2.14 bits per heavy atom. The lowest BCUT2D eigenvalue weighted by molar-refractivity contribution is -0.116. The number of anilines is 1. The summed E-state index contributed by atoms with van der Waals surface area (Å²) in [6.45, 7) is 4.23. The molecule has 0 saturated carbocycles. The van der Waals surface area contributed by atoms with Gasteiger partial charge in [0.1, 0.15) is 6.54 Å². The highest BCUT2D eigenvalue weighted by atomic mass is 16.2. The van der Waals surface area contributed by atoms with Crippen molar-refractivity contribution in [3.05, 3.63) is 47.3 Å². The number of aryl methyl sites for hydroxylation is 3. The molecular formula is C16H21N3O2. The fourth-order valence-electron chi connectivity index (χ4n) is 2.26. The van der Waals surface area contributed by atoms with Gasteiger partial charge in [-0.25, -0.2) is 0 Å². The Balaban J connectivity index is 1.97. The topological polar surface area (TPSA) is 67.2 Å². The quantitative estimate of drug-likeness (QED) is 0.854. The molecule has 0 spiro atoms. The third-order valence-corrected chi connectivity index (χ3v) is 3.23. The molecule has 0 atom stereocenters. The van der Waals surface area contributed by atoms with E-state index < -0.39 is 0 Å². The smallest absolute Gasteiger partial charge is 0.246 e. The van der Waals surface area contributed by atoms with Crippen LogP contribution in [0.5, 0.6) is 0 Å². The molecular weight excluding hydrogens is 266 g/mol. The van der Waals surface area contributed by atoms with Gasteiger partial charge in [-0.05, 0) is 50.5 Å². The van der Waals surface area contributed by atoms with E-state index in [0.29, 0.717) is 0 Å². The number of aromatic nitrogens is 2. The number of nitrogens with one attached hydrogen (secondary N) is 1. The number of hydrogen-bond donors (Lipinski definition) is 2. The van der Waals surface area contributed by atoms with Crippen LogP contribution in [0.25, 0.3) is 0 Å². The fourth-order valence-corrected chi connectivity index (χ4v) is 2.26. The summed E-state index contributed by atoms with van der Waals surface area (Å²) in [7, 11) is 0. The SMILES string of the molecule is Cc1cc(C)n(CC(=O)Nc2cccc(CCCO)c2)n1. The summed E-state index contributed by atoms with van der Waals surface area (Å²) >= 11 is 0. The van der Waals surface area contributed by atoms with Gasteiger partial charge in [0.25, 0.3) is 0 Å². The van der Waals surface area contributed by atoms with Crippen LogP contribution in [-0.4, -0.2) is 27.4 Å². The van der Waals surface area contributed by atoms with Gasteiger partial charge in [0.2, 0.25) is 5.91 Å². The van der Waals surface area contributed by atoms with E-state index in [-0.39, 0.29) is 19.1 Å². The molecule has 0 unspecified atom stereocenters. The first-order valence-corrected chi connectivity index (χ1v) is 7.09. The number of carbonyl (C=O) groups excluding carboxylic acids is 1. The maximum atomic E-state index is 12.1. The van der Waals surface area contributed by atoms with Crippen LogP contribution in [0.15, 0.2) is 30.3 Å². The van der Waals surface area contributed by atoms with Gasteiger partial charge >= 0.3 is 0 Å². The number of carbonyl (C=O) groups is 1. The van der Waals surface area contributed by atoms with Gasteiger partial charge < -0.3 is 10.4 Å². The monoisotopic (exact) mass is 287 g/mol. The molecule has 0 aliphatic rings. The molecule has 1 heterocycles. The van der Waals surface area contributed by atoms with Crippen molar-refractivity contribution in [2.24, 2.45) is 0 Å². The van der Waals surface area contributed by atoms with Crippen LogP contribution < -0.4 is 5.32 Å². The van der Waals surface area contributed by atoms with Crippen molar-refractivity contribution in [3.8, 4) is 0 Å². The van der Waals surface area contributed by atoms with E-state index in [2.05, 4.69) is 10.4 Å². The van der Waals surface area contributed by atoms with Crippen molar-refractivity contribution >= 4 is 11.6 Å². The normalized spacial score (nSPS) is 10.6. The number of rotatable bonds is 6. The maximum absolute atomic E-state index is 12.1. The van der Waals surface area contributed by atoms with Gasteiger partial charge in [-0.1, -0.05) is 12.1 Å². The second-order valence-corrected chi connectivity index (χ2v) is 5.16. The number of aliphatic hydroxyl groups is 1. The predicted molar refractivity (Wildman–Crippen MR) is 82.2 cm³/mol. The van der Waals surface area contributed by atoms with E-state index in [9.17, 15) is 4.79 Å². The molecule has 0 aliphatic heterocycles. The Morgan fingerprint density at radius 1 is 1.33 bits per heavy atom. The van der Waals surface area contributed by atoms with Crippen molar-refractivity contribution in [1.82, 2.24) is 9.78 Å². The van der Waals surface area contributed by atoms with E-state index in [1.807, 2.05) is 44.2 Å². The Morgan fingerprint density at radius 3 is 2.81 bits per heavy atom. The van der Waals surface area contributed by atoms with Crippen LogP contribution in [0.1, 0.15) is 23.4 Å². The van der Waals surface area contributed by atoms with Gasteiger partial charge in [-0.2, -0.15) is 5.10 Å². The maximum Gasteiger partial charge on any atom is 0.246 e. The first kappa shape index (κ1) is 15.3. The van der Waals surface area contributed by atoms with E-state index in [0.717, 1.165) is 35.5 Å². The van der Waals surface area contributed by atoms with Crippen molar-refractivity contribution in [2.75, 3.05) is 11.9 Å². The second-order valence-electron chi connectivity index (χ2n) is 5.16. The third-order valence-electron chi connectivity index (χ3n) is 3.23. The highest BCUT2D eigenvalue weighted by Gasteiger charge is 2.07. The molecule has 2 aromatic rings. The fraction of sp³-hybridized carbons (Fsp3) is 0.375. The van der Waals surface area contributed by atoms with Gasteiger partial charge in [-0.3, -0.25) is 9.48 Å². The largest absolute Gasteiger partial charge is 0.396 e. The van der Waals surface area contributed by atoms with Crippen LogP contribution >= 0.6 is 0 Å². The van der Waals surface area contributed by atoms with Gasteiger partial charge in [-0.15, -0.1) is 0 Å². The molecule has 1 amide bonds. The van der Waals surface area contributed by atoms with E-state index in [1.165, 1.54) is 0 Å². The summed E-state index contributed by atoms with van der Waals surface area (Å²) in [6.07, 6.45) is 1.53. The van der Waals surface area contributed by atoms with Gasteiger partial charge in [0, 0.05) is 18.0 Å². The van der Waals surface area contributed by atoms with Gasteiger partial charge in [0.05, 0.1) is 5.69 Å². The Kier molecular flexibility index (Phi) is 5.11. The molecule has 1 aromatic carbocycles. The lowest BCUT2D eigenvalue weighted by atomic mass is 10.1.